The van der Waals surface area contributed by atoms with Gasteiger partial charge in [-0.05, 0) is 68.8 Å². The Morgan fingerprint density at radius 2 is 1.60 bits per heavy atom. The number of carbonyl (C=O) groups excluding carboxylic acids is 1. The summed E-state index contributed by atoms with van der Waals surface area (Å²) in [5, 5.41) is 1.89. The van der Waals surface area contributed by atoms with Crippen LogP contribution in [-0.4, -0.2) is 43.4 Å². The Morgan fingerprint density at radius 1 is 1.02 bits per heavy atom. The van der Waals surface area contributed by atoms with Crippen LogP contribution in [0.15, 0.2) is 65.5 Å². The number of rotatable bonds is 7. The Morgan fingerprint density at radius 3 is 2.10 bits per heavy atom. The lowest BCUT2D eigenvalue weighted by Gasteiger charge is -2.14. The van der Waals surface area contributed by atoms with Crippen molar-refractivity contribution in [3.8, 4) is 11.4 Å². The summed E-state index contributed by atoms with van der Waals surface area (Å²) in [5.74, 6) is -0.604. The van der Waals surface area contributed by atoms with E-state index in [1.54, 1.807) is 6.92 Å². The molecule has 15 heteroatoms. The molecule has 3 aromatic rings. The van der Waals surface area contributed by atoms with E-state index in [1.165, 1.54) is 62.4 Å². The molecule has 0 aliphatic rings. The van der Waals surface area contributed by atoms with E-state index in [2.05, 4.69) is 5.32 Å². The van der Waals surface area contributed by atoms with Crippen LogP contribution in [-0.2, 0) is 33.0 Å². The van der Waals surface area contributed by atoms with Crippen LogP contribution in [0, 0.1) is 6.92 Å². The standard InChI is InChI=1S/C22H19F3N2O5S.C3H8O3S/c1-14-6-11-19(21(29)27(14)17-5-3-4-16(12-17)22(23,24)25)20(28)26-13-15-7-9-18(10-8-15)32-33(2,30)31;1-3(2)7(4,5)6/h3-12H,13H2,1-2H3,(H,26,28);3H,1-2H3,(H,4,5,6). The number of pyridine rings is 1. The van der Waals surface area contributed by atoms with Crippen LogP contribution in [0.1, 0.15) is 41.0 Å². The third-order valence-corrected chi connectivity index (χ3v) is 6.86. The summed E-state index contributed by atoms with van der Waals surface area (Å²) < 4.78 is 95.1. The first-order valence-corrected chi connectivity index (χ1v) is 14.7. The number of hydrogen-bond donors (Lipinski definition) is 2. The third kappa shape index (κ3) is 9.50. The largest absolute Gasteiger partial charge is 0.416 e. The van der Waals surface area contributed by atoms with Gasteiger partial charge in [-0.25, -0.2) is 0 Å². The van der Waals surface area contributed by atoms with Gasteiger partial charge in [-0.15, -0.1) is 0 Å². The summed E-state index contributed by atoms with van der Waals surface area (Å²) in [6, 6.07) is 13.0. The Labute approximate surface area is 229 Å². The van der Waals surface area contributed by atoms with Crippen molar-refractivity contribution < 1.29 is 43.5 Å². The van der Waals surface area contributed by atoms with Crippen molar-refractivity contribution in [3.63, 3.8) is 0 Å². The topological polar surface area (TPSA) is 149 Å². The summed E-state index contributed by atoms with van der Waals surface area (Å²) in [7, 11) is -7.41. The fourth-order valence-corrected chi connectivity index (χ4v) is 3.52. The SMILES string of the molecule is CC(C)S(=O)(=O)O.Cc1ccc(C(=O)NCc2ccc(OS(C)(=O)=O)cc2)c(=O)n1-c1cccc(C(F)(F)F)c1. The molecular weight excluding hydrogens is 577 g/mol. The molecule has 3 rings (SSSR count). The number of carbonyl (C=O) groups is 1. The van der Waals surface area contributed by atoms with Crippen LogP contribution in [0.5, 0.6) is 5.75 Å². The van der Waals surface area contributed by atoms with Crippen molar-refractivity contribution in [2.45, 2.75) is 38.7 Å². The highest BCUT2D eigenvalue weighted by molar-refractivity contribution is 7.86. The minimum absolute atomic E-state index is 0.0107. The van der Waals surface area contributed by atoms with E-state index < -0.39 is 48.7 Å². The van der Waals surface area contributed by atoms with Gasteiger partial charge in [0.1, 0.15) is 11.3 Å². The number of benzene rings is 2. The van der Waals surface area contributed by atoms with Crippen LogP contribution in [0.3, 0.4) is 0 Å². The number of nitrogens with one attached hydrogen (secondary N) is 1. The molecule has 1 heterocycles. The van der Waals surface area contributed by atoms with Crippen LogP contribution < -0.4 is 15.1 Å². The lowest BCUT2D eigenvalue weighted by molar-refractivity contribution is -0.137. The second-order valence-corrected chi connectivity index (χ2v) is 12.3. The highest BCUT2D eigenvalue weighted by atomic mass is 32.2. The normalized spacial score (nSPS) is 11.9. The van der Waals surface area contributed by atoms with Gasteiger partial charge in [0.15, 0.2) is 0 Å². The maximum absolute atomic E-state index is 13.1. The van der Waals surface area contributed by atoms with Gasteiger partial charge in [0.2, 0.25) is 0 Å². The first-order valence-electron chi connectivity index (χ1n) is 11.4. The van der Waals surface area contributed by atoms with Crippen LogP contribution in [0.4, 0.5) is 13.2 Å². The van der Waals surface area contributed by atoms with Crippen LogP contribution in [0.2, 0.25) is 0 Å². The number of aryl methyl sites for hydroxylation is 1. The van der Waals surface area contributed by atoms with Crippen LogP contribution in [0.25, 0.3) is 5.69 Å². The van der Waals surface area contributed by atoms with E-state index in [1.807, 2.05) is 0 Å². The summed E-state index contributed by atoms with van der Waals surface area (Å²) in [4.78, 5) is 25.5. The van der Waals surface area contributed by atoms with Gasteiger partial charge in [0.05, 0.1) is 17.1 Å². The second-order valence-electron chi connectivity index (χ2n) is 8.75. The molecular formula is C25H27F3N2O8S2. The molecule has 0 saturated carbocycles. The number of halogens is 3. The zero-order valence-corrected chi connectivity index (χ0v) is 23.4. The fourth-order valence-electron chi connectivity index (χ4n) is 3.06. The lowest BCUT2D eigenvalue weighted by Crippen LogP contribution is -2.33. The highest BCUT2D eigenvalue weighted by Crippen LogP contribution is 2.30. The second kappa shape index (κ2) is 12.7. The highest BCUT2D eigenvalue weighted by Gasteiger charge is 2.30. The van der Waals surface area contributed by atoms with Crippen molar-refractivity contribution in [2.75, 3.05) is 6.26 Å². The first-order chi connectivity index (χ1) is 18.3. The molecule has 0 bridgehead atoms. The van der Waals surface area contributed by atoms with Gasteiger partial charge in [0, 0.05) is 17.9 Å². The lowest BCUT2D eigenvalue weighted by atomic mass is 10.1. The number of alkyl halides is 3. The van der Waals surface area contributed by atoms with E-state index in [0.29, 0.717) is 11.3 Å². The van der Waals surface area contributed by atoms with Gasteiger partial charge in [-0.3, -0.25) is 18.7 Å². The summed E-state index contributed by atoms with van der Waals surface area (Å²) in [6.45, 7) is 4.39. The smallest absolute Gasteiger partial charge is 0.383 e. The summed E-state index contributed by atoms with van der Waals surface area (Å²) >= 11 is 0. The van der Waals surface area contributed by atoms with Crippen molar-refractivity contribution in [1.82, 2.24) is 9.88 Å². The van der Waals surface area contributed by atoms with Gasteiger partial charge in [-0.2, -0.15) is 30.0 Å². The number of amides is 1. The van der Waals surface area contributed by atoms with E-state index >= 15 is 0 Å². The first kappa shape index (κ1) is 32.5. The Kier molecular flexibility index (Phi) is 10.3. The van der Waals surface area contributed by atoms with E-state index in [9.17, 15) is 39.6 Å². The minimum Gasteiger partial charge on any atom is -0.383 e. The van der Waals surface area contributed by atoms with Crippen molar-refractivity contribution in [1.29, 1.82) is 0 Å². The Balaban J connectivity index is 0.000000708. The predicted molar refractivity (Wildman–Crippen MR) is 142 cm³/mol. The maximum atomic E-state index is 13.1. The quantitative estimate of drug-likeness (QED) is 0.306. The third-order valence-electron chi connectivity index (χ3n) is 5.17. The molecule has 2 aromatic carbocycles. The predicted octanol–water partition coefficient (Wildman–Crippen LogP) is 3.72. The van der Waals surface area contributed by atoms with E-state index in [4.69, 9.17) is 8.74 Å². The Bertz CT molecular complexity index is 1630. The van der Waals surface area contributed by atoms with Gasteiger partial charge >= 0.3 is 16.3 Å². The number of aromatic nitrogens is 1. The van der Waals surface area contributed by atoms with Crippen LogP contribution >= 0.6 is 0 Å². The zero-order chi connectivity index (χ0) is 30.5. The molecule has 10 nitrogen and oxygen atoms in total. The molecule has 0 spiro atoms. The fraction of sp³-hybridized carbons (Fsp3) is 0.280. The molecule has 1 aromatic heterocycles. The Hall–Kier alpha value is -3.69. The minimum atomic E-state index is -4.58. The van der Waals surface area contributed by atoms with Gasteiger partial charge in [0.25, 0.3) is 21.6 Å². The summed E-state index contributed by atoms with van der Waals surface area (Å²) in [5.41, 5.74) is -0.960. The monoisotopic (exact) mass is 604 g/mol. The molecule has 0 saturated heterocycles. The average molecular weight is 605 g/mol. The molecule has 0 fully saturated rings. The molecule has 0 unspecified atom stereocenters. The van der Waals surface area contributed by atoms with Crippen molar-refractivity contribution in [3.05, 3.63) is 93.4 Å². The van der Waals surface area contributed by atoms with Crippen molar-refractivity contribution in [2.24, 2.45) is 0 Å². The van der Waals surface area contributed by atoms with Crippen molar-refractivity contribution >= 4 is 26.1 Å². The number of nitrogens with zero attached hydrogens (tertiary/aromatic N) is 1. The van der Waals surface area contributed by atoms with Gasteiger partial charge < -0.3 is 9.50 Å². The van der Waals surface area contributed by atoms with E-state index in [-0.39, 0.29) is 23.5 Å². The van der Waals surface area contributed by atoms with E-state index in [0.717, 1.165) is 23.0 Å². The number of hydrogen-bond acceptors (Lipinski definition) is 7. The maximum Gasteiger partial charge on any atom is 0.416 e. The summed E-state index contributed by atoms with van der Waals surface area (Å²) in [6.07, 6.45) is -3.67. The molecule has 40 heavy (non-hydrogen) atoms. The molecule has 218 valence electrons. The molecule has 0 radical (unpaired) electrons. The molecule has 0 aliphatic heterocycles. The zero-order valence-electron chi connectivity index (χ0n) is 21.8. The molecule has 2 N–H and O–H groups in total. The van der Waals surface area contributed by atoms with Gasteiger partial charge in [-0.1, -0.05) is 18.2 Å². The molecule has 1 amide bonds. The molecule has 0 aliphatic carbocycles. The molecule has 0 atom stereocenters. The average Bonchev–Trinajstić information content (AvgIpc) is 2.82.